The maximum absolute atomic E-state index is 11.4. The van der Waals surface area contributed by atoms with Crippen LogP contribution in [0.25, 0.3) is 0 Å². The van der Waals surface area contributed by atoms with E-state index in [1.165, 1.54) is 0 Å². The molecule has 0 spiro atoms. The fraction of sp³-hybridized carbons (Fsp3) is 0.143. The van der Waals surface area contributed by atoms with Crippen molar-refractivity contribution in [3.8, 4) is 23.0 Å². The van der Waals surface area contributed by atoms with Crippen LogP contribution in [0.5, 0.6) is 23.0 Å². The van der Waals surface area contributed by atoms with Gasteiger partial charge < -0.3 is 13.7 Å². The van der Waals surface area contributed by atoms with E-state index in [0.29, 0.717) is 11.5 Å². The molecule has 6 nitrogen and oxygen atoms in total. The van der Waals surface area contributed by atoms with Gasteiger partial charge in [-0.25, -0.2) is 0 Å². The topological polar surface area (TPSA) is 73.9 Å². The van der Waals surface area contributed by atoms with E-state index in [1.807, 2.05) is 0 Å². The normalized spacial score (nSPS) is 15.7. The summed E-state index contributed by atoms with van der Waals surface area (Å²) in [5.74, 6) is 2.12. The molecule has 1 aliphatic heterocycles. The van der Waals surface area contributed by atoms with Crippen LogP contribution in [-0.4, -0.2) is 15.5 Å². The number of hydrogen-bond donors (Lipinski definition) is 1. The van der Waals surface area contributed by atoms with Gasteiger partial charge in [0.2, 0.25) is 0 Å². The van der Waals surface area contributed by atoms with E-state index in [9.17, 15) is 8.42 Å². The molecule has 7 heteroatoms. The van der Waals surface area contributed by atoms with E-state index in [4.69, 9.17) is 13.7 Å². The standard InChI is InChI=1S/C14H13NO5S/c1-18-11-4-6-12(7-5-11)19-13-3-2-10-9-15-21(16,17)20-14(10)8-13/h2-8,15H,9H2,1H3. The van der Waals surface area contributed by atoms with Crippen molar-refractivity contribution >= 4 is 10.3 Å². The van der Waals surface area contributed by atoms with Gasteiger partial charge >= 0.3 is 10.3 Å². The van der Waals surface area contributed by atoms with E-state index >= 15 is 0 Å². The Morgan fingerprint density at radius 3 is 2.43 bits per heavy atom. The minimum Gasteiger partial charge on any atom is -0.497 e. The molecule has 1 N–H and O–H groups in total. The number of hydrogen-bond acceptors (Lipinski definition) is 5. The zero-order valence-electron chi connectivity index (χ0n) is 11.2. The van der Waals surface area contributed by atoms with Crippen molar-refractivity contribution in [3.63, 3.8) is 0 Å². The quantitative estimate of drug-likeness (QED) is 0.941. The number of nitrogens with one attached hydrogen (secondary N) is 1. The van der Waals surface area contributed by atoms with Crippen LogP contribution in [0.4, 0.5) is 0 Å². The summed E-state index contributed by atoms with van der Waals surface area (Å²) in [6.07, 6.45) is 0. The first-order valence-electron chi connectivity index (χ1n) is 6.20. The number of rotatable bonds is 3. The highest BCUT2D eigenvalue weighted by Crippen LogP contribution is 2.31. The Bertz CT molecular complexity index is 755. The first-order valence-corrected chi connectivity index (χ1v) is 7.60. The van der Waals surface area contributed by atoms with Gasteiger partial charge in [-0.1, -0.05) is 6.07 Å². The number of methoxy groups -OCH3 is 1. The molecule has 0 bridgehead atoms. The van der Waals surface area contributed by atoms with Gasteiger partial charge in [-0.2, -0.15) is 13.1 Å². The third kappa shape index (κ3) is 3.09. The molecule has 0 radical (unpaired) electrons. The van der Waals surface area contributed by atoms with Crippen molar-refractivity contribution in [2.45, 2.75) is 6.54 Å². The molecule has 0 atom stereocenters. The summed E-state index contributed by atoms with van der Waals surface area (Å²) in [4.78, 5) is 0. The molecule has 110 valence electrons. The minimum absolute atomic E-state index is 0.209. The predicted octanol–water partition coefficient (Wildman–Crippen LogP) is 2.21. The van der Waals surface area contributed by atoms with Gasteiger partial charge in [0.1, 0.15) is 17.2 Å². The summed E-state index contributed by atoms with van der Waals surface area (Å²) in [5.41, 5.74) is 0.756. The van der Waals surface area contributed by atoms with Gasteiger partial charge in [-0.05, 0) is 30.3 Å². The third-order valence-corrected chi connectivity index (χ3v) is 3.87. The molecule has 0 aliphatic carbocycles. The van der Waals surface area contributed by atoms with E-state index in [2.05, 4.69) is 4.72 Å². The molecule has 21 heavy (non-hydrogen) atoms. The Morgan fingerprint density at radius 1 is 1.05 bits per heavy atom. The summed E-state index contributed by atoms with van der Waals surface area (Å²) in [6, 6.07) is 12.1. The molecule has 2 aromatic carbocycles. The fourth-order valence-corrected chi connectivity index (χ4v) is 2.70. The molecule has 0 saturated heterocycles. The zero-order chi connectivity index (χ0) is 14.9. The van der Waals surface area contributed by atoms with E-state index in [0.717, 1.165) is 11.3 Å². The van der Waals surface area contributed by atoms with Crippen molar-refractivity contribution in [1.82, 2.24) is 4.72 Å². The van der Waals surface area contributed by atoms with Crippen LogP contribution in [0, 0.1) is 0 Å². The highest BCUT2D eigenvalue weighted by molar-refractivity contribution is 7.85. The molecule has 0 amide bonds. The number of fused-ring (bicyclic) bond motifs is 1. The summed E-state index contributed by atoms with van der Waals surface area (Å²) >= 11 is 0. The molecule has 0 fully saturated rings. The third-order valence-electron chi connectivity index (χ3n) is 2.97. The Kier molecular flexibility index (Phi) is 3.44. The Hall–Kier alpha value is -2.25. The Balaban J connectivity index is 1.83. The summed E-state index contributed by atoms with van der Waals surface area (Å²) in [6.45, 7) is 0.209. The van der Waals surface area contributed by atoms with Gasteiger partial charge in [0, 0.05) is 18.2 Å². The second kappa shape index (κ2) is 5.27. The van der Waals surface area contributed by atoms with Crippen LogP contribution in [0.3, 0.4) is 0 Å². The number of benzene rings is 2. The molecule has 0 saturated carbocycles. The SMILES string of the molecule is COc1ccc(Oc2ccc3c(c2)OS(=O)(=O)NC3)cc1. The molecule has 0 aromatic heterocycles. The van der Waals surface area contributed by atoms with Crippen molar-refractivity contribution in [2.24, 2.45) is 0 Å². The molecular weight excluding hydrogens is 294 g/mol. The van der Waals surface area contributed by atoms with E-state index < -0.39 is 10.3 Å². The molecule has 1 heterocycles. The average Bonchev–Trinajstić information content (AvgIpc) is 2.47. The van der Waals surface area contributed by atoms with Crippen LogP contribution in [0.2, 0.25) is 0 Å². The second-order valence-corrected chi connectivity index (χ2v) is 5.77. The largest absolute Gasteiger partial charge is 0.497 e. The van der Waals surface area contributed by atoms with Gasteiger partial charge in [0.05, 0.1) is 7.11 Å². The number of ether oxygens (including phenoxy) is 2. The predicted molar refractivity (Wildman–Crippen MR) is 75.9 cm³/mol. The minimum atomic E-state index is -3.72. The van der Waals surface area contributed by atoms with Crippen molar-refractivity contribution in [2.75, 3.05) is 7.11 Å². The van der Waals surface area contributed by atoms with Gasteiger partial charge in [0.15, 0.2) is 5.75 Å². The molecule has 3 rings (SSSR count). The lowest BCUT2D eigenvalue weighted by Gasteiger charge is -2.18. The first kappa shape index (κ1) is 13.7. The van der Waals surface area contributed by atoms with E-state index in [1.54, 1.807) is 49.6 Å². The van der Waals surface area contributed by atoms with Crippen molar-refractivity contribution in [1.29, 1.82) is 0 Å². The lowest BCUT2D eigenvalue weighted by molar-refractivity contribution is 0.412. The average molecular weight is 307 g/mol. The van der Waals surface area contributed by atoms with Crippen LogP contribution in [-0.2, 0) is 16.8 Å². The molecule has 2 aromatic rings. The maximum atomic E-state index is 11.4. The lowest BCUT2D eigenvalue weighted by atomic mass is 10.2. The first-order chi connectivity index (χ1) is 10.1. The maximum Gasteiger partial charge on any atom is 0.382 e. The highest BCUT2D eigenvalue weighted by atomic mass is 32.2. The molecule has 0 unspecified atom stereocenters. The van der Waals surface area contributed by atoms with Crippen LogP contribution in [0.15, 0.2) is 42.5 Å². The monoisotopic (exact) mass is 307 g/mol. The van der Waals surface area contributed by atoms with E-state index in [-0.39, 0.29) is 12.3 Å². The highest BCUT2D eigenvalue weighted by Gasteiger charge is 2.22. The summed E-state index contributed by atoms with van der Waals surface area (Å²) < 4.78 is 40.6. The fourth-order valence-electron chi connectivity index (χ4n) is 1.92. The van der Waals surface area contributed by atoms with Crippen LogP contribution < -0.4 is 18.4 Å². The molecule has 1 aliphatic rings. The second-order valence-electron chi connectivity index (χ2n) is 4.41. The van der Waals surface area contributed by atoms with Crippen molar-refractivity contribution < 1.29 is 22.1 Å². The summed E-state index contributed by atoms with van der Waals surface area (Å²) in [5, 5.41) is 0. The van der Waals surface area contributed by atoms with Gasteiger partial charge in [-0.15, -0.1) is 0 Å². The van der Waals surface area contributed by atoms with Gasteiger partial charge in [-0.3, -0.25) is 0 Å². The van der Waals surface area contributed by atoms with Gasteiger partial charge in [0.25, 0.3) is 0 Å². The zero-order valence-corrected chi connectivity index (χ0v) is 12.0. The Labute approximate surface area is 122 Å². The lowest BCUT2D eigenvalue weighted by Crippen LogP contribution is -2.32. The summed E-state index contributed by atoms with van der Waals surface area (Å²) in [7, 11) is -2.13. The van der Waals surface area contributed by atoms with Crippen LogP contribution >= 0.6 is 0 Å². The van der Waals surface area contributed by atoms with Crippen molar-refractivity contribution in [3.05, 3.63) is 48.0 Å². The molecular formula is C14H13NO5S. The Morgan fingerprint density at radius 2 is 1.71 bits per heavy atom. The smallest absolute Gasteiger partial charge is 0.382 e. The van der Waals surface area contributed by atoms with Crippen LogP contribution in [0.1, 0.15) is 5.56 Å².